The van der Waals surface area contributed by atoms with Crippen molar-refractivity contribution in [1.82, 2.24) is 14.8 Å². The van der Waals surface area contributed by atoms with E-state index in [1.54, 1.807) is 7.11 Å². The van der Waals surface area contributed by atoms with Crippen molar-refractivity contribution in [2.75, 3.05) is 47.5 Å². The van der Waals surface area contributed by atoms with Crippen LogP contribution in [0.1, 0.15) is 92.6 Å². The largest absolute Gasteiger partial charge is 0.497 e. The smallest absolute Gasteiger partial charge is 0.338 e. The van der Waals surface area contributed by atoms with Crippen LogP contribution in [0.25, 0.3) is 22.2 Å². The number of benzene rings is 2. The van der Waals surface area contributed by atoms with Gasteiger partial charge in [0.2, 0.25) is 5.91 Å². The molecular weight excluding hydrogens is 566 g/mol. The summed E-state index contributed by atoms with van der Waals surface area (Å²) >= 11 is 0. The Morgan fingerprint density at radius 3 is 2.56 bits per heavy atom. The van der Waals surface area contributed by atoms with Crippen molar-refractivity contribution in [2.24, 2.45) is 5.41 Å². The van der Waals surface area contributed by atoms with Crippen LogP contribution in [0.3, 0.4) is 0 Å². The SMILES string of the molecule is CNCCOCCN(C)C(=O)[C@]12C[C@H]1c1cc(OC)ccc1-c1c(C3CCCCC3)c3ccc(C(=O)OC(C)(C)C)cc3n1C2. The van der Waals surface area contributed by atoms with Crippen molar-refractivity contribution < 1.29 is 23.8 Å². The van der Waals surface area contributed by atoms with E-state index in [0.717, 1.165) is 37.1 Å². The Balaban J connectivity index is 1.49. The molecule has 0 spiro atoms. The highest BCUT2D eigenvalue weighted by Gasteiger charge is 2.63. The zero-order valence-corrected chi connectivity index (χ0v) is 27.8. The molecule has 0 saturated heterocycles. The van der Waals surface area contributed by atoms with Crippen LogP contribution >= 0.6 is 0 Å². The molecule has 3 aliphatic rings. The molecule has 8 heteroatoms. The lowest BCUT2D eigenvalue weighted by Gasteiger charge is -2.25. The second-order valence-corrected chi connectivity index (χ2v) is 14.2. The number of carbonyl (C=O) groups is 2. The molecule has 2 atom stereocenters. The predicted molar refractivity (Wildman–Crippen MR) is 177 cm³/mol. The fraction of sp³-hybridized carbons (Fsp3) is 0.568. The number of methoxy groups -OCH3 is 1. The highest BCUT2D eigenvalue weighted by molar-refractivity contribution is 6.00. The molecular formula is C37H49N3O5. The lowest BCUT2D eigenvalue weighted by atomic mass is 9.81. The van der Waals surface area contributed by atoms with Crippen LogP contribution in [0, 0.1) is 5.41 Å². The van der Waals surface area contributed by atoms with Crippen molar-refractivity contribution >= 4 is 22.8 Å². The summed E-state index contributed by atoms with van der Waals surface area (Å²) in [4.78, 5) is 29.6. The van der Waals surface area contributed by atoms with Gasteiger partial charge in [-0.05, 0) is 94.5 Å². The lowest BCUT2D eigenvalue weighted by molar-refractivity contribution is -0.137. The first-order valence-corrected chi connectivity index (χ1v) is 16.6. The zero-order valence-electron chi connectivity index (χ0n) is 27.8. The van der Waals surface area contributed by atoms with Crippen molar-refractivity contribution in [3.63, 3.8) is 0 Å². The molecule has 0 bridgehead atoms. The Morgan fingerprint density at radius 1 is 1.07 bits per heavy atom. The summed E-state index contributed by atoms with van der Waals surface area (Å²) in [6, 6.07) is 12.4. The van der Waals surface area contributed by atoms with Crippen LogP contribution in [0.4, 0.5) is 0 Å². The van der Waals surface area contributed by atoms with E-state index in [0.29, 0.717) is 37.8 Å². The molecule has 2 aromatic carbocycles. The Kier molecular flexibility index (Phi) is 8.74. The van der Waals surface area contributed by atoms with Crippen molar-refractivity contribution in [2.45, 2.75) is 83.3 Å². The van der Waals surface area contributed by atoms with Crippen molar-refractivity contribution in [3.8, 4) is 17.0 Å². The van der Waals surface area contributed by atoms with Gasteiger partial charge < -0.3 is 29.0 Å². The summed E-state index contributed by atoms with van der Waals surface area (Å²) in [5.74, 6) is 1.15. The standard InChI is InChI=1S/C37H49N3O5/c1-36(2,3)45-34(41)25-12-14-28-31(20-25)40-23-37(35(42)39(5)17-19-44-18-16-38-4)22-30(37)29-21-26(43-6)13-15-27(29)33(40)32(28)24-10-8-7-9-11-24/h12-15,20-21,24,30,38H,7-11,16-19,22-23H2,1-6H3/t30-,37-/m0/s1. The maximum absolute atomic E-state index is 14.4. The van der Waals surface area contributed by atoms with Gasteiger partial charge in [-0.2, -0.15) is 0 Å². The average molecular weight is 616 g/mol. The molecule has 1 N–H and O–H groups in total. The molecule has 2 saturated carbocycles. The van der Waals surface area contributed by atoms with Gasteiger partial charge in [0.1, 0.15) is 11.4 Å². The maximum Gasteiger partial charge on any atom is 0.338 e. The van der Waals surface area contributed by atoms with E-state index in [4.69, 9.17) is 14.2 Å². The molecule has 0 unspecified atom stereocenters. The van der Waals surface area contributed by atoms with Crippen LogP contribution < -0.4 is 10.1 Å². The molecule has 2 heterocycles. The normalized spacial score (nSPS) is 21.0. The number of nitrogens with zero attached hydrogens (tertiary/aromatic N) is 2. The number of rotatable bonds is 10. The second-order valence-electron chi connectivity index (χ2n) is 14.2. The van der Waals surface area contributed by atoms with Gasteiger partial charge in [0.05, 0.1) is 37.0 Å². The van der Waals surface area contributed by atoms with Crippen LogP contribution in [0.2, 0.25) is 0 Å². The Hall–Kier alpha value is -3.36. The summed E-state index contributed by atoms with van der Waals surface area (Å²) < 4.78 is 19.7. The molecule has 6 rings (SSSR count). The number of hydrogen-bond donors (Lipinski definition) is 1. The highest BCUT2D eigenvalue weighted by Crippen LogP contribution is 2.66. The van der Waals surface area contributed by atoms with E-state index in [-0.39, 0.29) is 17.8 Å². The molecule has 1 aromatic heterocycles. The summed E-state index contributed by atoms with van der Waals surface area (Å²) in [6.07, 6.45) is 6.78. The number of fused-ring (bicyclic) bond motifs is 7. The Labute approximate surface area is 267 Å². The Morgan fingerprint density at radius 2 is 1.84 bits per heavy atom. The fourth-order valence-corrected chi connectivity index (χ4v) is 7.70. The fourth-order valence-electron chi connectivity index (χ4n) is 7.70. The van der Waals surface area contributed by atoms with Crippen molar-refractivity contribution in [3.05, 3.63) is 53.1 Å². The zero-order chi connectivity index (χ0) is 31.9. The van der Waals surface area contributed by atoms with E-state index in [1.807, 2.05) is 58.0 Å². The third kappa shape index (κ3) is 5.99. The molecule has 2 aliphatic carbocycles. The molecule has 45 heavy (non-hydrogen) atoms. The number of amides is 1. The van der Waals surface area contributed by atoms with Gasteiger partial charge in [-0.25, -0.2) is 4.79 Å². The third-order valence-corrected chi connectivity index (χ3v) is 10.00. The van der Waals surface area contributed by atoms with E-state index in [9.17, 15) is 9.59 Å². The minimum atomic E-state index is -0.591. The number of aromatic nitrogens is 1. The van der Waals surface area contributed by atoms with E-state index in [1.165, 1.54) is 47.0 Å². The lowest BCUT2D eigenvalue weighted by Crippen LogP contribution is -2.39. The topological polar surface area (TPSA) is 82.0 Å². The van der Waals surface area contributed by atoms with Crippen molar-refractivity contribution in [1.29, 1.82) is 0 Å². The number of hydrogen-bond acceptors (Lipinski definition) is 6. The summed E-state index contributed by atoms with van der Waals surface area (Å²) in [5.41, 5.74) is 5.31. The first-order chi connectivity index (χ1) is 21.6. The molecule has 2 fully saturated rings. The molecule has 1 aliphatic heterocycles. The first kappa shape index (κ1) is 31.6. The molecule has 242 valence electrons. The van der Waals surface area contributed by atoms with Gasteiger partial charge in [0.25, 0.3) is 0 Å². The van der Waals surface area contributed by atoms with Gasteiger partial charge in [-0.1, -0.05) is 25.3 Å². The van der Waals surface area contributed by atoms with Crippen LogP contribution in [0.15, 0.2) is 36.4 Å². The summed E-state index contributed by atoms with van der Waals surface area (Å²) in [6.45, 7) is 8.67. The number of carbonyl (C=O) groups excluding carboxylic acids is 2. The molecule has 0 radical (unpaired) electrons. The average Bonchev–Trinajstić information content (AvgIpc) is 3.69. The quantitative estimate of drug-likeness (QED) is 0.207. The summed E-state index contributed by atoms with van der Waals surface area (Å²) in [5, 5.41) is 4.27. The first-order valence-electron chi connectivity index (χ1n) is 16.6. The van der Waals surface area contributed by atoms with Crippen LogP contribution in [-0.4, -0.2) is 74.5 Å². The number of ether oxygens (including phenoxy) is 3. The second kappa shape index (κ2) is 12.4. The highest BCUT2D eigenvalue weighted by atomic mass is 16.6. The number of nitrogens with one attached hydrogen (secondary N) is 1. The van der Waals surface area contributed by atoms with Gasteiger partial charge in [0.15, 0.2) is 0 Å². The van der Waals surface area contributed by atoms with E-state index in [2.05, 4.69) is 28.1 Å². The Bertz CT molecular complexity index is 1580. The molecule has 1 amide bonds. The molecule has 3 aromatic rings. The molecule has 8 nitrogen and oxygen atoms in total. The van der Waals surface area contributed by atoms with E-state index >= 15 is 0 Å². The summed E-state index contributed by atoms with van der Waals surface area (Å²) in [7, 11) is 5.50. The van der Waals surface area contributed by atoms with Gasteiger partial charge in [-0.3, -0.25) is 4.79 Å². The number of likely N-dealkylation sites (N-methyl/N-ethyl adjacent to an activating group) is 2. The van der Waals surface area contributed by atoms with Crippen LogP contribution in [0.5, 0.6) is 5.75 Å². The third-order valence-electron chi connectivity index (χ3n) is 10.00. The van der Waals surface area contributed by atoms with Gasteiger partial charge in [-0.15, -0.1) is 0 Å². The predicted octanol–water partition coefficient (Wildman–Crippen LogP) is 6.50. The minimum absolute atomic E-state index is 0.0888. The number of esters is 1. The maximum atomic E-state index is 14.4. The van der Waals surface area contributed by atoms with Gasteiger partial charge in [0, 0.05) is 49.1 Å². The minimum Gasteiger partial charge on any atom is -0.497 e. The van der Waals surface area contributed by atoms with Gasteiger partial charge >= 0.3 is 5.97 Å². The monoisotopic (exact) mass is 615 g/mol. The van der Waals surface area contributed by atoms with Crippen LogP contribution in [-0.2, 0) is 20.8 Å². The van der Waals surface area contributed by atoms with E-state index < -0.39 is 11.0 Å².